The van der Waals surface area contributed by atoms with Crippen molar-refractivity contribution >= 4 is 22.6 Å². The highest BCUT2D eigenvalue weighted by atomic mass is 35.5. The second-order valence-electron chi connectivity index (χ2n) is 7.18. The molecule has 3 aromatic rings. The Labute approximate surface area is 167 Å². The van der Waals surface area contributed by atoms with E-state index in [4.69, 9.17) is 16.3 Å². The molecule has 0 radical (unpaired) electrons. The maximum atomic E-state index is 14.3. The Kier molecular flexibility index (Phi) is 4.83. The van der Waals surface area contributed by atoms with Crippen LogP contribution in [0, 0.1) is 18.7 Å². The molecular weight excluding hydrogens is 381 g/mol. The molecule has 1 unspecified atom stereocenters. The van der Waals surface area contributed by atoms with Crippen LogP contribution in [0.5, 0.6) is 5.75 Å². The van der Waals surface area contributed by atoms with Gasteiger partial charge < -0.3 is 9.30 Å². The van der Waals surface area contributed by atoms with E-state index in [1.807, 2.05) is 4.57 Å². The topological polar surface area (TPSA) is 57.0 Å². The minimum Gasteiger partial charge on any atom is -0.494 e. The van der Waals surface area contributed by atoms with Gasteiger partial charge in [-0.2, -0.15) is 0 Å². The minimum absolute atomic E-state index is 0.0646. The summed E-state index contributed by atoms with van der Waals surface area (Å²) in [5.74, 6) is 0.0383. The van der Waals surface area contributed by atoms with Gasteiger partial charge in [0, 0.05) is 23.9 Å². The number of hydrogen-bond donors (Lipinski definition) is 0. The summed E-state index contributed by atoms with van der Waals surface area (Å²) in [6, 6.07) is 4.64. The molecule has 0 amide bonds. The monoisotopic (exact) mass is 401 g/mol. The molecule has 1 aliphatic rings. The van der Waals surface area contributed by atoms with Crippen molar-refractivity contribution in [2.45, 2.75) is 39.2 Å². The van der Waals surface area contributed by atoms with E-state index in [1.165, 1.54) is 19.2 Å². The third-order valence-electron chi connectivity index (χ3n) is 5.38. The van der Waals surface area contributed by atoms with Gasteiger partial charge in [-0.25, -0.2) is 9.37 Å². The first-order valence-corrected chi connectivity index (χ1v) is 9.75. The molecule has 1 aliphatic carbocycles. The third-order valence-corrected chi connectivity index (χ3v) is 5.70. The lowest BCUT2D eigenvalue weighted by atomic mass is 10.1. The fourth-order valence-electron chi connectivity index (χ4n) is 3.85. The largest absolute Gasteiger partial charge is 0.494 e. The van der Waals surface area contributed by atoms with Gasteiger partial charge in [-0.05, 0) is 44.2 Å². The van der Waals surface area contributed by atoms with E-state index >= 15 is 0 Å². The smallest absolute Gasteiger partial charge is 0.272 e. The van der Waals surface area contributed by atoms with E-state index in [9.17, 15) is 9.18 Å². The van der Waals surface area contributed by atoms with Crippen LogP contribution in [0.1, 0.15) is 37.9 Å². The molecule has 146 valence electrons. The zero-order valence-electron chi connectivity index (χ0n) is 16.0. The molecule has 2 aromatic heterocycles. The molecule has 0 bridgehead atoms. The van der Waals surface area contributed by atoms with Crippen molar-refractivity contribution < 1.29 is 9.13 Å². The SMILES string of the molecule is CCC(C1CC1)n1c(=O)c(C)nc2c(-c3cc(F)c(OC)cc3Cl)nccc21. The second-order valence-corrected chi connectivity index (χ2v) is 7.59. The predicted octanol–water partition coefficient (Wildman–Crippen LogP) is 4.93. The van der Waals surface area contributed by atoms with Crippen LogP contribution in [-0.4, -0.2) is 21.6 Å². The number of ether oxygens (including phenoxy) is 1. The maximum Gasteiger partial charge on any atom is 0.272 e. The number of rotatable bonds is 5. The van der Waals surface area contributed by atoms with Crippen molar-refractivity contribution in [1.29, 1.82) is 0 Å². The van der Waals surface area contributed by atoms with Gasteiger partial charge in [0.2, 0.25) is 0 Å². The zero-order chi connectivity index (χ0) is 20.0. The number of hydrogen-bond acceptors (Lipinski definition) is 4. The van der Waals surface area contributed by atoms with E-state index in [0.717, 1.165) is 19.3 Å². The van der Waals surface area contributed by atoms with Crippen molar-refractivity contribution in [1.82, 2.24) is 14.5 Å². The van der Waals surface area contributed by atoms with E-state index in [1.54, 1.807) is 19.2 Å². The van der Waals surface area contributed by atoms with Crippen LogP contribution in [0.2, 0.25) is 5.02 Å². The van der Waals surface area contributed by atoms with Crippen molar-refractivity contribution in [3.8, 4) is 17.0 Å². The Morgan fingerprint density at radius 2 is 2.14 bits per heavy atom. The molecule has 0 aliphatic heterocycles. The van der Waals surface area contributed by atoms with Crippen LogP contribution in [0.25, 0.3) is 22.3 Å². The number of nitrogens with zero attached hydrogens (tertiary/aromatic N) is 3. The number of pyridine rings is 1. The van der Waals surface area contributed by atoms with E-state index in [2.05, 4.69) is 16.9 Å². The van der Waals surface area contributed by atoms with E-state index < -0.39 is 5.82 Å². The maximum absolute atomic E-state index is 14.3. The summed E-state index contributed by atoms with van der Waals surface area (Å²) >= 11 is 6.39. The van der Waals surface area contributed by atoms with E-state index in [0.29, 0.717) is 38.9 Å². The van der Waals surface area contributed by atoms with Gasteiger partial charge in [-0.1, -0.05) is 18.5 Å². The van der Waals surface area contributed by atoms with Crippen molar-refractivity contribution in [3.63, 3.8) is 0 Å². The van der Waals surface area contributed by atoms with Gasteiger partial charge >= 0.3 is 0 Å². The van der Waals surface area contributed by atoms with Gasteiger partial charge in [-0.15, -0.1) is 0 Å². The van der Waals surface area contributed by atoms with Gasteiger partial charge in [0.25, 0.3) is 5.56 Å². The summed E-state index contributed by atoms with van der Waals surface area (Å²) in [7, 11) is 1.39. The average Bonchev–Trinajstić information content (AvgIpc) is 3.51. The van der Waals surface area contributed by atoms with Crippen LogP contribution in [-0.2, 0) is 0 Å². The Morgan fingerprint density at radius 3 is 2.79 bits per heavy atom. The quantitative estimate of drug-likeness (QED) is 0.608. The second kappa shape index (κ2) is 7.17. The zero-order valence-corrected chi connectivity index (χ0v) is 16.8. The van der Waals surface area contributed by atoms with Gasteiger partial charge in [0.1, 0.15) is 11.2 Å². The Balaban J connectivity index is 2.01. The molecule has 0 N–H and O–H groups in total. The first-order valence-electron chi connectivity index (χ1n) is 9.37. The number of fused-ring (bicyclic) bond motifs is 1. The first kappa shape index (κ1) is 18.9. The summed E-state index contributed by atoms with van der Waals surface area (Å²) in [4.78, 5) is 21.9. The number of halogens is 2. The number of aromatic nitrogens is 3. The van der Waals surface area contributed by atoms with Gasteiger partial charge in [0.05, 0.1) is 23.3 Å². The first-order chi connectivity index (χ1) is 13.5. The highest BCUT2D eigenvalue weighted by Crippen LogP contribution is 2.42. The normalized spacial score (nSPS) is 15.0. The minimum atomic E-state index is -0.532. The predicted molar refractivity (Wildman–Crippen MR) is 108 cm³/mol. The number of methoxy groups -OCH3 is 1. The summed E-state index contributed by atoms with van der Waals surface area (Å²) in [6.07, 6.45) is 4.73. The molecule has 1 atom stereocenters. The standard InChI is InChI=1S/C21H21ClFN3O2/c1-4-16(12-5-6-12)26-17-7-8-24-19(20(17)25-11(2)21(26)27)13-9-15(23)18(28-3)10-14(13)22/h7-10,12,16H,4-6H2,1-3H3. The third kappa shape index (κ3) is 3.05. The molecule has 4 rings (SSSR count). The van der Waals surface area contributed by atoms with Crippen LogP contribution in [0.15, 0.2) is 29.2 Å². The molecule has 0 saturated heterocycles. The molecule has 0 spiro atoms. The summed E-state index contributed by atoms with van der Waals surface area (Å²) in [5, 5.41) is 0.310. The molecule has 1 aromatic carbocycles. The highest BCUT2D eigenvalue weighted by molar-refractivity contribution is 6.33. The number of aryl methyl sites for hydroxylation is 1. The lowest BCUT2D eigenvalue weighted by Crippen LogP contribution is -2.29. The number of benzene rings is 1. The fourth-order valence-corrected chi connectivity index (χ4v) is 4.09. The molecule has 1 saturated carbocycles. The molecule has 2 heterocycles. The molecule has 28 heavy (non-hydrogen) atoms. The molecular formula is C21H21ClFN3O2. The Morgan fingerprint density at radius 1 is 1.39 bits per heavy atom. The van der Waals surface area contributed by atoms with Crippen LogP contribution in [0.3, 0.4) is 0 Å². The summed E-state index contributed by atoms with van der Waals surface area (Å²) in [5.41, 5.74) is 2.42. The van der Waals surface area contributed by atoms with Crippen LogP contribution in [0.4, 0.5) is 4.39 Å². The fraction of sp³-hybridized carbons (Fsp3) is 0.381. The Bertz CT molecular complexity index is 1120. The van der Waals surface area contributed by atoms with Crippen LogP contribution < -0.4 is 10.3 Å². The molecule has 1 fully saturated rings. The highest BCUT2D eigenvalue weighted by Gasteiger charge is 2.33. The lowest BCUT2D eigenvalue weighted by molar-refractivity contribution is 0.386. The lowest BCUT2D eigenvalue weighted by Gasteiger charge is -2.21. The van der Waals surface area contributed by atoms with Crippen molar-refractivity contribution in [2.75, 3.05) is 7.11 Å². The van der Waals surface area contributed by atoms with Crippen LogP contribution >= 0.6 is 11.6 Å². The van der Waals surface area contributed by atoms with E-state index in [-0.39, 0.29) is 17.4 Å². The van der Waals surface area contributed by atoms with Gasteiger partial charge in [0.15, 0.2) is 11.6 Å². The average molecular weight is 402 g/mol. The molecule has 7 heteroatoms. The summed E-state index contributed by atoms with van der Waals surface area (Å²) in [6.45, 7) is 3.79. The summed E-state index contributed by atoms with van der Waals surface area (Å²) < 4.78 is 21.2. The van der Waals surface area contributed by atoms with Crippen molar-refractivity contribution in [3.05, 3.63) is 51.3 Å². The Hall–Kier alpha value is -2.47. The van der Waals surface area contributed by atoms with Gasteiger partial charge in [-0.3, -0.25) is 9.78 Å². The molecule has 5 nitrogen and oxygen atoms in total. The van der Waals surface area contributed by atoms with Crippen molar-refractivity contribution in [2.24, 2.45) is 5.92 Å².